The molecule has 1 aliphatic carbocycles. The molecule has 7 nitrogen and oxygen atoms in total. The van der Waals surface area contributed by atoms with Crippen LogP contribution in [-0.2, 0) is 19.7 Å². The molecule has 2 aromatic rings. The molecular weight excluding hydrogens is 410 g/mol. The minimum atomic E-state index is -4.17. The zero-order chi connectivity index (χ0) is 20.9. The molecule has 0 aliphatic heterocycles. The summed E-state index contributed by atoms with van der Waals surface area (Å²) in [6.07, 6.45) is 2.90. The minimum absolute atomic E-state index is 0.0272. The van der Waals surface area contributed by atoms with E-state index in [1.165, 1.54) is 24.3 Å². The second-order valence-electron chi connectivity index (χ2n) is 7.20. The SMILES string of the molecule is [N-]=[N+]=N[C@H]1CCCC[C@@H]1CC(S(=O)(=O)c1ccccc1)S(=O)(=O)c1ccccc1. The van der Waals surface area contributed by atoms with Crippen LogP contribution in [0.15, 0.2) is 75.6 Å². The maximum Gasteiger partial charge on any atom is 0.195 e. The molecule has 1 saturated carbocycles. The van der Waals surface area contributed by atoms with Crippen LogP contribution in [0.2, 0.25) is 0 Å². The highest BCUT2D eigenvalue weighted by Gasteiger charge is 2.42. The van der Waals surface area contributed by atoms with Crippen LogP contribution in [0.3, 0.4) is 0 Å². The summed E-state index contributed by atoms with van der Waals surface area (Å²) < 4.78 is 52.0. The fourth-order valence-electron chi connectivity index (χ4n) is 3.87. The van der Waals surface area contributed by atoms with Gasteiger partial charge in [-0.2, -0.15) is 0 Å². The summed E-state index contributed by atoms with van der Waals surface area (Å²) in [6.45, 7) is 0. The molecule has 2 atom stereocenters. The molecule has 1 fully saturated rings. The first-order chi connectivity index (χ1) is 13.9. The Hall–Kier alpha value is -2.35. The van der Waals surface area contributed by atoms with Gasteiger partial charge in [-0.3, -0.25) is 0 Å². The van der Waals surface area contributed by atoms with Gasteiger partial charge in [0.05, 0.1) is 9.79 Å². The normalized spacial score (nSPS) is 20.2. The monoisotopic (exact) mass is 433 g/mol. The summed E-state index contributed by atoms with van der Waals surface area (Å²) in [5.74, 6) is -0.304. The Kier molecular flexibility index (Phi) is 6.62. The van der Waals surface area contributed by atoms with Crippen molar-refractivity contribution < 1.29 is 16.8 Å². The Labute approximate surface area is 171 Å². The van der Waals surface area contributed by atoms with Crippen molar-refractivity contribution in [3.05, 3.63) is 71.1 Å². The molecule has 0 saturated heterocycles. The molecule has 0 unspecified atom stereocenters. The number of hydrogen-bond donors (Lipinski definition) is 0. The van der Waals surface area contributed by atoms with E-state index in [4.69, 9.17) is 5.53 Å². The van der Waals surface area contributed by atoms with Gasteiger partial charge in [0.15, 0.2) is 24.3 Å². The molecule has 0 amide bonds. The van der Waals surface area contributed by atoms with Crippen molar-refractivity contribution in [2.45, 2.75) is 52.5 Å². The molecule has 0 heterocycles. The van der Waals surface area contributed by atoms with Crippen LogP contribution in [0, 0.1) is 5.92 Å². The lowest BCUT2D eigenvalue weighted by Crippen LogP contribution is -2.36. The van der Waals surface area contributed by atoms with Gasteiger partial charge in [-0.1, -0.05) is 54.4 Å². The minimum Gasteiger partial charge on any atom is -0.222 e. The molecule has 0 N–H and O–H groups in total. The van der Waals surface area contributed by atoms with E-state index in [1.54, 1.807) is 36.4 Å². The van der Waals surface area contributed by atoms with Crippen LogP contribution < -0.4 is 0 Å². The predicted octanol–water partition coefficient (Wildman–Crippen LogP) is 4.52. The number of nitrogens with zero attached hydrogens (tertiary/aromatic N) is 3. The second-order valence-corrected chi connectivity index (χ2v) is 11.8. The second kappa shape index (κ2) is 8.98. The third-order valence-electron chi connectivity index (χ3n) is 5.40. The molecule has 154 valence electrons. The van der Waals surface area contributed by atoms with Crippen molar-refractivity contribution in [3.8, 4) is 0 Å². The maximum absolute atomic E-state index is 13.4. The number of azide groups is 1. The lowest BCUT2D eigenvalue weighted by Gasteiger charge is -2.31. The largest absolute Gasteiger partial charge is 0.222 e. The Bertz CT molecular complexity index is 1010. The van der Waals surface area contributed by atoms with E-state index >= 15 is 0 Å². The van der Waals surface area contributed by atoms with Gasteiger partial charge in [0.2, 0.25) is 0 Å². The van der Waals surface area contributed by atoms with Crippen molar-refractivity contribution in [3.63, 3.8) is 0 Å². The molecule has 29 heavy (non-hydrogen) atoms. The van der Waals surface area contributed by atoms with Crippen LogP contribution in [0.5, 0.6) is 0 Å². The van der Waals surface area contributed by atoms with E-state index in [1.807, 2.05) is 0 Å². The molecule has 0 aromatic heterocycles. The smallest absolute Gasteiger partial charge is 0.195 e. The summed E-state index contributed by atoms with van der Waals surface area (Å²) in [4.78, 5) is 2.83. The van der Waals surface area contributed by atoms with Crippen molar-refractivity contribution in [1.29, 1.82) is 0 Å². The molecule has 0 bridgehead atoms. The zero-order valence-corrected chi connectivity index (χ0v) is 17.5. The third kappa shape index (κ3) is 4.63. The molecule has 0 radical (unpaired) electrons. The highest BCUT2D eigenvalue weighted by atomic mass is 32.3. The molecule has 3 rings (SSSR count). The molecule has 9 heteroatoms. The number of hydrogen-bond acceptors (Lipinski definition) is 5. The van der Waals surface area contributed by atoms with Gasteiger partial charge in [-0.25, -0.2) is 16.8 Å². The summed E-state index contributed by atoms with van der Waals surface area (Å²) in [7, 11) is -8.33. The standard InChI is InChI=1S/C20H23N3O4S2/c21-23-22-19-14-8-7-9-16(19)15-20(28(24,25)17-10-3-1-4-11-17)29(26,27)18-12-5-2-6-13-18/h1-6,10-13,16,19-20H,7-9,14-15H2/t16-,19+/m1/s1. The van der Waals surface area contributed by atoms with Crippen LogP contribution in [0.25, 0.3) is 10.4 Å². The summed E-state index contributed by atoms with van der Waals surface area (Å²) >= 11 is 0. The molecule has 1 aliphatic rings. The van der Waals surface area contributed by atoms with Crippen LogP contribution in [-0.4, -0.2) is 27.5 Å². The average molecular weight is 434 g/mol. The highest BCUT2D eigenvalue weighted by molar-refractivity contribution is 8.09. The first kappa shape index (κ1) is 21.4. The highest BCUT2D eigenvalue weighted by Crippen LogP contribution is 2.36. The van der Waals surface area contributed by atoms with E-state index < -0.39 is 30.3 Å². The lowest BCUT2D eigenvalue weighted by molar-refractivity contribution is 0.296. The van der Waals surface area contributed by atoms with Crippen LogP contribution in [0.1, 0.15) is 32.1 Å². The fraction of sp³-hybridized carbons (Fsp3) is 0.400. The average Bonchev–Trinajstić information content (AvgIpc) is 2.74. The Morgan fingerprint density at radius 3 is 1.83 bits per heavy atom. The van der Waals surface area contributed by atoms with Gasteiger partial charge in [0, 0.05) is 11.0 Å². The summed E-state index contributed by atoms with van der Waals surface area (Å²) in [5.41, 5.74) is 8.87. The number of sulfone groups is 2. The molecule has 2 aromatic carbocycles. The first-order valence-electron chi connectivity index (χ1n) is 9.49. The topological polar surface area (TPSA) is 117 Å². The van der Waals surface area contributed by atoms with E-state index in [2.05, 4.69) is 10.0 Å². The Balaban J connectivity index is 2.08. The zero-order valence-electron chi connectivity index (χ0n) is 15.8. The van der Waals surface area contributed by atoms with Crippen molar-refractivity contribution >= 4 is 19.7 Å². The van der Waals surface area contributed by atoms with E-state index in [-0.39, 0.29) is 22.1 Å². The number of benzene rings is 2. The van der Waals surface area contributed by atoms with Crippen molar-refractivity contribution in [2.75, 3.05) is 0 Å². The van der Waals surface area contributed by atoms with Gasteiger partial charge < -0.3 is 0 Å². The Morgan fingerprint density at radius 1 is 0.862 bits per heavy atom. The van der Waals surface area contributed by atoms with Gasteiger partial charge in [-0.15, -0.1) is 0 Å². The van der Waals surface area contributed by atoms with Gasteiger partial charge >= 0.3 is 0 Å². The first-order valence-corrected chi connectivity index (χ1v) is 12.6. The van der Waals surface area contributed by atoms with E-state index in [9.17, 15) is 16.8 Å². The third-order valence-corrected chi connectivity index (χ3v) is 10.5. The maximum atomic E-state index is 13.4. The fourth-order valence-corrected chi connectivity index (χ4v) is 8.55. The number of rotatable bonds is 7. The lowest BCUT2D eigenvalue weighted by atomic mass is 9.83. The summed E-state index contributed by atoms with van der Waals surface area (Å²) in [5, 5.41) is 3.82. The van der Waals surface area contributed by atoms with Crippen LogP contribution >= 0.6 is 0 Å². The van der Waals surface area contributed by atoms with Gasteiger partial charge in [0.25, 0.3) is 0 Å². The van der Waals surface area contributed by atoms with Crippen molar-refractivity contribution in [2.24, 2.45) is 11.0 Å². The van der Waals surface area contributed by atoms with Gasteiger partial charge in [-0.05, 0) is 55.0 Å². The molecular formula is C20H23N3O4S2. The predicted molar refractivity (Wildman–Crippen MR) is 111 cm³/mol. The van der Waals surface area contributed by atoms with Gasteiger partial charge in [0.1, 0.15) is 0 Å². The van der Waals surface area contributed by atoms with E-state index in [0.29, 0.717) is 12.8 Å². The van der Waals surface area contributed by atoms with Crippen molar-refractivity contribution in [1.82, 2.24) is 0 Å². The van der Waals surface area contributed by atoms with Crippen LogP contribution in [0.4, 0.5) is 0 Å². The molecule has 0 spiro atoms. The Morgan fingerprint density at radius 2 is 1.34 bits per heavy atom. The van der Waals surface area contributed by atoms with E-state index in [0.717, 1.165) is 12.8 Å². The quantitative estimate of drug-likeness (QED) is 0.362. The summed E-state index contributed by atoms with van der Waals surface area (Å²) in [6, 6.07) is 14.9.